The predicted molar refractivity (Wildman–Crippen MR) is 64.0 cm³/mol. The van der Waals surface area contributed by atoms with Gasteiger partial charge in [-0.2, -0.15) is 8.78 Å². The van der Waals surface area contributed by atoms with Gasteiger partial charge >= 0.3 is 6.61 Å². The molecule has 0 aliphatic carbocycles. The average molecular weight is 261 g/mol. The first-order valence-corrected chi connectivity index (χ1v) is 5.43. The van der Waals surface area contributed by atoms with Gasteiger partial charge in [-0.1, -0.05) is 6.07 Å². The van der Waals surface area contributed by atoms with Crippen LogP contribution in [0, 0.1) is 0 Å². The number of alkyl halides is 2. The number of anilines is 1. The fourth-order valence-electron chi connectivity index (χ4n) is 1.60. The van der Waals surface area contributed by atoms with E-state index in [1.165, 1.54) is 26.4 Å². The predicted octanol–water partition coefficient (Wildman–Crippen LogP) is 2.71. The number of hydrogen-bond acceptors (Lipinski definition) is 4. The highest BCUT2D eigenvalue weighted by atomic mass is 19.3. The van der Waals surface area contributed by atoms with Crippen LogP contribution in [0.3, 0.4) is 0 Å². The van der Waals surface area contributed by atoms with E-state index >= 15 is 0 Å². The molecule has 1 aromatic carbocycles. The minimum absolute atomic E-state index is 0.105. The molecule has 1 atom stereocenters. The first kappa shape index (κ1) is 14.7. The van der Waals surface area contributed by atoms with Crippen LogP contribution in [0.5, 0.6) is 5.75 Å². The molecular formula is C12H17F2NO3. The number of nitrogens with one attached hydrogen (secondary N) is 1. The Balaban J connectivity index is 2.66. The molecule has 0 saturated carbocycles. The Morgan fingerprint density at radius 2 is 1.83 bits per heavy atom. The number of halogens is 2. The number of benzene rings is 1. The summed E-state index contributed by atoms with van der Waals surface area (Å²) in [6.07, 6.45) is -0.426. The van der Waals surface area contributed by atoms with Crippen LogP contribution in [0.1, 0.15) is 6.92 Å². The standard InChI is InChI=1S/C12H17F2NO3/c1-8(11(16-2)17-3)15-9-5-4-6-10(7-9)18-12(13)14/h4-8,11-12,15H,1-3H3. The van der Waals surface area contributed by atoms with Crippen molar-refractivity contribution in [2.45, 2.75) is 25.9 Å². The van der Waals surface area contributed by atoms with Crippen LogP contribution in [-0.2, 0) is 9.47 Å². The first-order chi connectivity index (χ1) is 8.56. The largest absolute Gasteiger partial charge is 0.435 e. The molecule has 0 spiro atoms. The summed E-state index contributed by atoms with van der Waals surface area (Å²) in [5.74, 6) is 0.105. The summed E-state index contributed by atoms with van der Waals surface area (Å²) in [6, 6.07) is 6.19. The highest BCUT2D eigenvalue weighted by Gasteiger charge is 2.15. The van der Waals surface area contributed by atoms with Crippen molar-refractivity contribution in [2.75, 3.05) is 19.5 Å². The smallest absolute Gasteiger partial charge is 0.387 e. The van der Waals surface area contributed by atoms with Crippen LogP contribution in [0.2, 0.25) is 0 Å². The van der Waals surface area contributed by atoms with Gasteiger partial charge in [-0.3, -0.25) is 0 Å². The van der Waals surface area contributed by atoms with Gasteiger partial charge in [0.25, 0.3) is 0 Å². The minimum Gasteiger partial charge on any atom is -0.435 e. The van der Waals surface area contributed by atoms with E-state index in [0.717, 1.165) is 0 Å². The third-order valence-electron chi connectivity index (χ3n) is 2.33. The normalized spacial score (nSPS) is 12.8. The van der Waals surface area contributed by atoms with Crippen molar-refractivity contribution in [1.82, 2.24) is 0 Å². The molecular weight excluding hydrogens is 244 g/mol. The zero-order chi connectivity index (χ0) is 13.5. The lowest BCUT2D eigenvalue weighted by Gasteiger charge is -2.23. The summed E-state index contributed by atoms with van der Waals surface area (Å²) in [7, 11) is 3.06. The second kappa shape index (κ2) is 7.13. The van der Waals surface area contributed by atoms with Gasteiger partial charge in [-0.05, 0) is 19.1 Å². The Hall–Kier alpha value is -1.40. The summed E-state index contributed by atoms with van der Waals surface area (Å²) in [4.78, 5) is 0. The van der Waals surface area contributed by atoms with Crippen molar-refractivity contribution in [1.29, 1.82) is 0 Å². The maximum Gasteiger partial charge on any atom is 0.387 e. The maximum atomic E-state index is 12.1. The second-order valence-corrected chi connectivity index (χ2v) is 3.68. The third kappa shape index (κ3) is 4.46. The molecule has 1 unspecified atom stereocenters. The molecule has 1 aromatic rings. The molecule has 4 nitrogen and oxygen atoms in total. The van der Waals surface area contributed by atoms with Crippen LogP contribution >= 0.6 is 0 Å². The summed E-state index contributed by atoms with van der Waals surface area (Å²) in [5, 5.41) is 3.08. The van der Waals surface area contributed by atoms with Crippen LogP contribution in [0.25, 0.3) is 0 Å². The van der Waals surface area contributed by atoms with Crippen molar-refractivity contribution in [2.24, 2.45) is 0 Å². The Labute approximate surface area is 105 Å². The Morgan fingerprint density at radius 1 is 1.17 bits per heavy atom. The van der Waals surface area contributed by atoms with Crippen molar-refractivity contribution >= 4 is 5.69 Å². The molecule has 0 radical (unpaired) electrons. The van der Waals surface area contributed by atoms with Gasteiger partial charge in [0.15, 0.2) is 6.29 Å². The Bertz CT molecular complexity index is 359. The number of methoxy groups -OCH3 is 2. The lowest BCUT2D eigenvalue weighted by molar-refractivity contribution is -0.109. The molecule has 1 rings (SSSR count). The summed E-state index contributed by atoms with van der Waals surface area (Å²) in [6.45, 7) is -0.971. The summed E-state index contributed by atoms with van der Waals surface area (Å²) < 4.78 is 38.6. The van der Waals surface area contributed by atoms with E-state index in [1.54, 1.807) is 12.1 Å². The highest BCUT2D eigenvalue weighted by Crippen LogP contribution is 2.20. The van der Waals surface area contributed by atoms with Crippen LogP contribution < -0.4 is 10.1 Å². The van der Waals surface area contributed by atoms with Crippen molar-refractivity contribution in [3.63, 3.8) is 0 Å². The van der Waals surface area contributed by atoms with Crippen LogP contribution in [-0.4, -0.2) is 33.2 Å². The molecule has 0 heterocycles. The van der Waals surface area contributed by atoms with Gasteiger partial charge in [0.1, 0.15) is 5.75 Å². The van der Waals surface area contributed by atoms with E-state index < -0.39 is 12.9 Å². The number of hydrogen-bond donors (Lipinski definition) is 1. The molecule has 18 heavy (non-hydrogen) atoms. The van der Waals surface area contributed by atoms with Gasteiger partial charge in [0, 0.05) is 26.0 Å². The monoisotopic (exact) mass is 261 g/mol. The summed E-state index contributed by atoms with van der Waals surface area (Å²) >= 11 is 0. The zero-order valence-electron chi connectivity index (χ0n) is 10.5. The molecule has 0 aliphatic heterocycles. The highest BCUT2D eigenvalue weighted by molar-refractivity contribution is 5.48. The van der Waals surface area contributed by atoms with Crippen LogP contribution in [0.4, 0.5) is 14.5 Å². The molecule has 6 heteroatoms. The molecule has 0 fully saturated rings. The van der Waals surface area contributed by atoms with Gasteiger partial charge in [-0.25, -0.2) is 0 Å². The second-order valence-electron chi connectivity index (χ2n) is 3.68. The fourth-order valence-corrected chi connectivity index (χ4v) is 1.60. The van der Waals surface area contributed by atoms with Crippen molar-refractivity contribution in [3.05, 3.63) is 24.3 Å². The van der Waals surface area contributed by atoms with Gasteiger partial charge in [0.05, 0.1) is 6.04 Å². The third-order valence-corrected chi connectivity index (χ3v) is 2.33. The maximum absolute atomic E-state index is 12.1. The van der Waals surface area contributed by atoms with E-state index in [2.05, 4.69) is 10.1 Å². The quantitative estimate of drug-likeness (QED) is 0.766. The molecule has 0 amide bonds. The molecule has 0 aromatic heterocycles. The summed E-state index contributed by atoms with van der Waals surface area (Å²) in [5.41, 5.74) is 0.653. The average Bonchev–Trinajstić information content (AvgIpc) is 2.30. The number of rotatable bonds is 7. The molecule has 1 N–H and O–H groups in total. The Morgan fingerprint density at radius 3 is 2.39 bits per heavy atom. The van der Waals surface area contributed by atoms with E-state index in [-0.39, 0.29) is 11.8 Å². The van der Waals surface area contributed by atoms with Crippen molar-refractivity contribution in [3.8, 4) is 5.75 Å². The molecule has 102 valence electrons. The minimum atomic E-state index is -2.83. The molecule has 0 aliphatic rings. The van der Waals surface area contributed by atoms with Crippen molar-refractivity contribution < 1.29 is 23.0 Å². The van der Waals surface area contributed by atoms with E-state index in [1.807, 2.05) is 6.92 Å². The van der Waals surface area contributed by atoms with E-state index in [4.69, 9.17) is 9.47 Å². The lowest BCUT2D eigenvalue weighted by atomic mass is 10.2. The topological polar surface area (TPSA) is 39.7 Å². The van der Waals surface area contributed by atoms with E-state index in [0.29, 0.717) is 5.69 Å². The van der Waals surface area contributed by atoms with Gasteiger partial charge in [0.2, 0.25) is 0 Å². The zero-order valence-corrected chi connectivity index (χ0v) is 10.5. The van der Waals surface area contributed by atoms with Gasteiger partial charge < -0.3 is 19.5 Å². The molecule has 0 saturated heterocycles. The first-order valence-electron chi connectivity index (χ1n) is 5.43. The Kier molecular flexibility index (Phi) is 5.80. The van der Waals surface area contributed by atoms with E-state index in [9.17, 15) is 8.78 Å². The SMILES string of the molecule is COC(OC)C(C)Nc1cccc(OC(F)F)c1. The molecule has 0 bridgehead atoms. The number of ether oxygens (including phenoxy) is 3. The fraction of sp³-hybridized carbons (Fsp3) is 0.500. The van der Waals surface area contributed by atoms with Crippen LogP contribution in [0.15, 0.2) is 24.3 Å². The van der Waals surface area contributed by atoms with Gasteiger partial charge in [-0.15, -0.1) is 0 Å². The lowest BCUT2D eigenvalue weighted by Crippen LogP contribution is -2.33.